The van der Waals surface area contributed by atoms with E-state index < -0.39 is 0 Å². The second kappa shape index (κ2) is 5.58. The van der Waals surface area contributed by atoms with Gasteiger partial charge in [-0.15, -0.1) is 0 Å². The van der Waals surface area contributed by atoms with Gasteiger partial charge in [-0.25, -0.2) is 9.37 Å². The Bertz CT molecular complexity index is 890. The Balaban J connectivity index is 1.91. The van der Waals surface area contributed by atoms with Crippen molar-refractivity contribution in [1.29, 1.82) is 0 Å². The molecule has 0 bridgehead atoms. The molecule has 23 heavy (non-hydrogen) atoms. The van der Waals surface area contributed by atoms with E-state index in [1.165, 1.54) is 18.2 Å². The maximum atomic E-state index is 14.2. The predicted molar refractivity (Wildman–Crippen MR) is 89.5 cm³/mol. The number of benzene rings is 1. The largest absolute Gasteiger partial charge is 0.318 e. The van der Waals surface area contributed by atoms with Crippen LogP contribution in [-0.4, -0.2) is 25.9 Å². The molecule has 0 fully saturated rings. The van der Waals surface area contributed by atoms with Crippen molar-refractivity contribution in [1.82, 2.24) is 23.6 Å². The number of hydrogen-bond acceptors (Lipinski definition) is 5. The topological polar surface area (TPSA) is 46.0 Å². The van der Waals surface area contributed by atoms with E-state index in [1.807, 2.05) is 46.5 Å². The van der Waals surface area contributed by atoms with Crippen LogP contribution >= 0.6 is 12.1 Å². The number of fused-ring (bicyclic) bond motifs is 1. The van der Waals surface area contributed by atoms with Gasteiger partial charge >= 0.3 is 0 Å². The Morgan fingerprint density at radius 1 is 1.26 bits per heavy atom. The number of imidazole rings is 1. The van der Waals surface area contributed by atoms with Gasteiger partial charge in [0.1, 0.15) is 11.2 Å². The first-order chi connectivity index (χ1) is 11.2. The highest BCUT2D eigenvalue weighted by Gasteiger charge is 2.22. The molecule has 5 nitrogen and oxygen atoms in total. The molecule has 0 amide bonds. The van der Waals surface area contributed by atoms with Gasteiger partial charge in [0.15, 0.2) is 11.6 Å². The van der Waals surface area contributed by atoms with Gasteiger partial charge in [0.05, 0.1) is 24.2 Å². The number of pyridine rings is 1. The van der Waals surface area contributed by atoms with Crippen LogP contribution in [0.15, 0.2) is 48.9 Å². The van der Waals surface area contributed by atoms with Crippen LogP contribution in [0.1, 0.15) is 11.4 Å². The molecule has 1 N–H and O–H groups in total. The number of nitrogens with one attached hydrogen (secondary N) is 1. The van der Waals surface area contributed by atoms with E-state index in [0.29, 0.717) is 12.1 Å². The van der Waals surface area contributed by atoms with Crippen LogP contribution in [0.25, 0.3) is 16.7 Å². The normalized spacial score (nSPS) is 14.2. The number of rotatable bonds is 3. The molecule has 116 valence electrons. The van der Waals surface area contributed by atoms with Crippen molar-refractivity contribution in [2.24, 2.45) is 0 Å². The average Bonchev–Trinajstić information content (AvgIpc) is 3.13. The molecule has 0 atom stereocenters. The summed E-state index contributed by atoms with van der Waals surface area (Å²) in [4.78, 5) is 8.70. The highest BCUT2D eigenvalue weighted by Crippen LogP contribution is 2.30. The lowest BCUT2D eigenvalue weighted by atomic mass is 10.2. The van der Waals surface area contributed by atoms with Gasteiger partial charge in [-0.2, -0.15) is 0 Å². The highest BCUT2D eigenvalue weighted by molar-refractivity contribution is 7.95. The molecular formula is C16H14FN5S. The summed E-state index contributed by atoms with van der Waals surface area (Å²) in [5.41, 5.74) is 3.11. The summed E-state index contributed by atoms with van der Waals surface area (Å²) in [5.74, 6) is 0.421. The second-order valence-electron chi connectivity index (χ2n) is 5.23. The monoisotopic (exact) mass is 327 g/mol. The van der Waals surface area contributed by atoms with Gasteiger partial charge in [0.25, 0.3) is 0 Å². The summed E-state index contributed by atoms with van der Waals surface area (Å²) in [6.45, 7) is 0.582. The van der Waals surface area contributed by atoms with Gasteiger partial charge in [-0.1, -0.05) is 12.1 Å². The lowest BCUT2D eigenvalue weighted by Crippen LogP contribution is -2.11. The molecule has 3 heterocycles. The summed E-state index contributed by atoms with van der Waals surface area (Å²) in [5, 5.41) is 0. The number of halogens is 1. The van der Waals surface area contributed by atoms with E-state index in [2.05, 4.69) is 14.7 Å². The van der Waals surface area contributed by atoms with Crippen LogP contribution in [0.3, 0.4) is 0 Å². The van der Waals surface area contributed by atoms with Crippen molar-refractivity contribution < 1.29 is 4.39 Å². The van der Waals surface area contributed by atoms with Crippen molar-refractivity contribution >= 4 is 28.9 Å². The van der Waals surface area contributed by atoms with E-state index in [4.69, 9.17) is 0 Å². The van der Waals surface area contributed by atoms with Crippen LogP contribution in [-0.2, 0) is 6.54 Å². The van der Waals surface area contributed by atoms with Crippen molar-refractivity contribution in [2.75, 3.05) is 7.05 Å². The molecular weight excluding hydrogens is 313 g/mol. The van der Waals surface area contributed by atoms with Crippen LogP contribution in [0.2, 0.25) is 0 Å². The fraction of sp³-hybridized carbons (Fsp3) is 0.125. The first-order valence-corrected chi connectivity index (χ1v) is 7.92. The Morgan fingerprint density at radius 3 is 2.91 bits per heavy atom. The van der Waals surface area contributed by atoms with Gasteiger partial charge in [0.2, 0.25) is 0 Å². The number of para-hydroxylation sites is 1. The number of aromatic nitrogens is 3. The third-order valence-corrected chi connectivity index (χ3v) is 4.44. The van der Waals surface area contributed by atoms with Gasteiger partial charge < -0.3 is 9.29 Å². The van der Waals surface area contributed by atoms with Crippen LogP contribution in [0.4, 0.5) is 4.39 Å². The Kier molecular flexibility index (Phi) is 3.42. The standard InChI is InChI=1S/C16H14FN5S/c1-21-14(9-19-23-21)16-20-15-12(17)5-2-6-13(15)22(16)10-11-4-3-7-18-8-11/h2-9,19H,10H2,1H3. The molecule has 0 aliphatic carbocycles. The molecule has 1 aliphatic rings. The second-order valence-corrected chi connectivity index (χ2v) is 6.19. The fourth-order valence-corrected chi connectivity index (χ4v) is 3.20. The summed E-state index contributed by atoms with van der Waals surface area (Å²) >= 11 is 1.46. The van der Waals surface area contributed by atoms with E-state index in [1.54, 1.807) is 12.3 Å². The van der Waals surface area contributed by atoms with Crippen molar-refractivity contribution in [2.45, 2.75) is 6.54 Å². The molecule has 2 aromatic heterocycles. The van der Waals surface area contributed by atoms with E-state index >= 15 is 0 Å². The lowest BCUT2D eigenvalue weighted by molar-refractivity contribution is 0.637. The summed E-state index contributed by atoms with van der Waals surface area (Å²) in [6, 6.07) is 8.94. The third-order valence-electron chi connectivity index (χ3n) is 3.75. The molecule has 0 spiro atoms. The van der Waals surface area contributed by atoms with Gasteiger partial charge in [-0.05, 0) is 23.8 Å². The first-order valence-electron chi connectivity index (χ1n) is 7.14. The van der Waals surface area contributed by atoms with E-state index in [9.17, 15) is 4.39 Å². The van der Waals surface area contributed by atoms with Crippen molar-refractivity contribution in [3.05, 3.63) is 66.1 Å². The van der Waals surface area contributed by atoms with Gasteiger partial charge in [0, 0.05) is 25.6 Å². The Labute approximate surface area is 137 Å². The molecule has 1 aromatic carbocycles. The molecule has 4 rings (SSSR count). The molecule has 7 heteroatoms. The minimum atomic E-state index is -0.310. The zero-order chi connectivity index (χ0) is 15.8. The number of nitrogens with zero attached hydrogens (tertiary/aromatic N) is 4. The third kappa shape index (κ3) is 2.43. The summed E-state index contributed by atoms with van der Waals surface area (Å²) in [6.07, 6.45) is 5.43. The predicted octanol–water partition coefficient (Wildman–Crippen LogP) is 3.02. The molecule has 0 unspecified atom stereocenters. The van der Waals surface area contributed by atoms with Crippen LogP contribution in [0, 0.1) is 5.82 Å². The molecule has 0 saturated heterocycles. The maximum Gasteiger partial charge on any atom is 0.160 e. The van der Waals surface area contributed by atoms with E-state index in [0.717, 1.165) is 22.6 Å². The minimum Gasteiger partial charge on any atom is -0.318 e. The maximum absolute atomic E-state index is 14.2. The zero-order valence-corrected chi connectivity index (χ0v) is 13.2. The molecule has 0 saturated carbocycles. The quantitative estimate of drug-likeness (QED) is 0.749. The zero-order valence-electron chi connectivity index (χ0n) is 12.4. The van der Waals surface area contributed by atoms with Crippen molar-refractivity contribution in [3.8, 4) is 0 Å². The highest BCUT2D eigenvalue weighted by atomic mass is 32.2. The van der Waals surface area contributed by atoms with Crippen LogP contribution < -0.4 is 4.72 Å². The van der Waals surface area contributed by atoms with Crippen molar-refractivity contribution in [3.63, 3.8) is 0 Å². The van der Waals surface area contributed by atoms with Gasteiger partial charge in [-0.3, -0.25) is 9.29 Å². The fourth-order valence-electron chi connectivity index (χ4n) is 2.65. The molecule has 3 aromatic rings. The Hall–Kier alpha value is -2.54. The minimum absolute atomic E-state index is 0.310. The molecule has 1 aliphatic heterocycles. The summed E-state index contributed by atoms with van der Waals surface area (Å²) in [7, 11) is 1.95. The smallest absolute Gasteiger partial charge is 0.160 e. The van der Waals surface area contributed by atoms with Crippen LogP contribution in [0.5, 0.6) is 0 Å². The van der Waals surface area contributed by atoms with E-state index in [-0.39, 0.29) is 5.82 Å². The first kappa shape index (κ1) is 14.1. The lowest BCUT2D eigenvalue weighted by Gasteiger charge is -2.14. The number of hydrogen-bond donors (Lipinski definition) is 1. The SMILES string of the molecule is CN1SNC=C1c1nc2c(F)cccc2n1Cc1cccnc1. The average molecular weight is 327 g/mol. The summed E-state index contributed by atoms with van der Waals surface area (Å²) < 4.78 is 21.2. The molecule has 0 radical (unpaired) electrons. The Morgan fingerprint density at radius 2 is 2.17 bits per heavy atom.